The number of carbonyl (C=O) groups excluding carboxylic acids is 1. The van der Waals surface area contributed by atoms with Crippen LogP contribution in [-0.4, -0.2) is 6.29 Å². The lowest BCUT2D eigenvalue weighted by molar-refractivity contribution is 0.112. The Bertz CT molecular complexity index is 777. The molecule has 20 heavy (non-hydrogen) atoms. The van der Waals surface area contributed by atoms with Gasteiger partial charge in [-0.3, -0.25) is 4.79 Å². The largest absolute Gasteiger partial charge is 0.355 e. The van der Waals surface area contributed by atoms with Crippen LogP contribution in [0.2, 0.25) is 0 Å². The summed E-state index contributed by atoms with van der Waals surface area (Å²) in [6.07, 6.45) is 0.920. The van der Waals surface area contributed by atoms with Crippen LogP contribution in [0.3, 0.4) is 0 Å². The number of carbonyl (C=O) groups is 1. The Morgan fingerprint density at radius 1 is 0.850 bits per heavy atom. The normalized spacial score (nSPS) is 10.4. The lowest BCUT2D eigenvalue weighted by atomic mass is 10.0. The molecule has 0 aliphatic rings. The summed E-state index contributed by atoms with van der Waals surface area (Å²) >= 11 is 0. The Labute approximate surface area is 118 Å². The van der Waals surface area contributed by atoms with Gasteiger partial charge in [0.2, 0.25) is 0 Å². The number of nitrogens with one attached hydrogen (secondary N) is 1. The summed E-state index contributed by atoms with van der Waals surface area (Å²) in [4.78, 5) is 11.5. The summed E-state index contributed by atoms with van der Waals surface area (Å²) in [5.74, 6) is 0. The van der Waals surface area contributed by atoms with Gasteiger partial charge in [0.1, 0.15) is 0 Å². The number of anilines is 2. The molecular weight excluding hydrogens is 246 g/mol. The summed E-state index contributed by atoms with van der Waals surface area (Å²) < 4.78 is 0. The predicted octanol–water partition coefficient (Wildman–Crippen LogP) is 4.70. The average Bonchev–Trinajstić information content (AvgIpc) is 2.49. The Balaban J connectivity index is 2.12. The second-order valence-electron chi connectivity index (χ2n) is 4.81. The van der Waals surface area contributed by atoms with Gasteiger partial charge in [0.15, 0.2) is 6.29 Å². The molecule has 0 fully saturated rings. The van der Waals surface area contributed by atoms with E-state index in [1.807, 2.05) is 67.6 Å². The molecule has 3 aromatic rings. The molecule has 3 rings (SSSR count). The molecule has 0 amide bonds. The molecule has 0 saturated carbocycles. The monoisotopic (exact) mass is 261 g/mol. The zero-order chi connectivity index (χ0) is 13.9. The first-order chi connectivity index (χ1) is 9.79. The Kier molecular flexibility index (Phi) is 3.21. The molecule has 0 atom stereocenters. The third-order valence-electron chi connectivity index (χ3n) is 3.50. The van der Waals surface area contributed by atoms with E-state index in [-0.39, 0.29) is 0 Å². The van der Waals surface area contributed by atoms with Crippen molar-refractivity contribution in [2.24, 2.45) is 0 Å². The molecule has 0 aliphatic heterocycles. The van der Waals surface area contributed by atoms with Gasteiger partial charge in [-0.2, -0.15) is 0 Å². The molecule has 0 heterocycles. The summed E-state index contributed by atoms with van der Waals surface area (Å²) in [5.41, 5.74) is 3.71. The summed E-state index contributed by atoms with van der Waals surface area (Å²) in [7, 11) is 0. The van der Waals surface area contributed by atoms with E-state index < -0.39 is 0 Å². The highest BCUT2D eigenvalue weighted by Gasteiger charge is 2.07. The van der Waals surface area contributed by atoms with Crippen molar-refractivity contribution in [2.75, 3.05) is 5.32 Å². The van der Waals surface area contributed by atoms with Gasteiger partial charge in [0.25, 0.3) is 0 Å². The maximum absolute atomic E-state index is 11.5. The topological polar surface area (TPSA) is 29.1 Å². The molecule has 0 radical (unpaired) electrons. The molecule has 0 spiro atoms. The van der Waals surface area contributed by atoms with Crippen molar-refractivity contribution in [3.05, 3.63) is 71.8 Å². The Hall–Kier alpha value is -2.61. The number of aldehydes is 1. The minimum absolute atomic E-state index is 0.700. The molecule has 0 bridgehead atoms. The van der Waals surface area contributed by atoms with Crippen molar-refractivity contribution in [1.29, 1.82) is 0 Å². The highest BCUT2D eigenvalue weighted by molar-refractivity contribution is 6.04. The van der Waals surface area contributed by atoms with Crippen LogP contribution in [0.4, 0.5) is 11.4 Å². The van der Waals surface area contributed by atoms with Gasteiger partial charge in [-0.1, -0.05) is 48.5 Å². The van der Waals surface area contributed by atoms with Crippen molar-refractivity contribution >= 4 is 28.4 Å². The van der Waals surface area contributed by atoms with Crippen molar-refractivity contribution < 1.29 is 4.79 Å². The van der Waals surface area contributed by atoms with Crippen molar-refractivity contribution in [3.63, 3.8) is 0 Å². The molecule has 2 heteroatoms. The van der Waals surface area contributed by atoms with Crippen LogP contribution in [0.1, 0.15) is 15.9 Å². The van der Waals surface area contributed by atoms with Crippen LogP contribution >= 0.6 is 0 Å². The molecule has 0 unspecified atom stereocenters. The highest BCUT2D eigenvalue weighted by atomic mass is 16.1. The number of hydrogen-bond acceptors (Lipinski definition) is 2. The van der Waals surface area contributed by atoms with Gasteiger partial charge in [-0.05, 0) is 35.4 Å². The smallest absolute Gasteiger partial charge is 0.152 e. The van der Waals surface area contributed by atoms with Gasteiger partial charge in [-0.25, -0.2) is 0 Å². The quantitative estimate of drug-likeness (QED) is 0.692. The minimum atomic E-state index is 0.700. The van der Waals surface area contributed by atoms with E-state index in [0.717, 1.165) is 34.0 Å². The first kappa shape index (κ1) is 12.4. The molecule has 0 saturated heterocycles. The summed E-state index contributed by atoms with van der Waals surface area (Å²) in [5, 5.41) is 5.40. The highest BCUT2D eigenvalue weighted by Crippen LogP contribution is 2.28. The van der Waals surface area contributed by atoms with Gasteiger partial charge < -0.3 is 5.32 Å². The van der Waals surface area contributed by atoms with Crippen molar-refractivity contribution in [3.8, 4) is 0 Å². The zero-order valence-corrected chi connectivity index (χ0v) is 11.3. The van der Waals surface area contributed by atoms with Crippen LogP contribution in [0.5, 0.6) is 0 Å². The van der Waals surface area contributed by atoms with E-state index in [0.29, 0.717) is 5.56 Å². The lowest BCUT2D eigenvalue weighted by Gasteiger charge is -2.13. The fourth-order valence-electron chi connectivity index (χ4n) is 2.39. The SMILES string of the molecule is Cc1ccccc1Nc1ccc2ccccc2c1C=O. The molecule has 0 aromatic heterocycles. The number of benzene rings is 3. The summed E-state index contributed by atoms with van der Waals surface area (Å²) in [6.45, 7) is 2.05. The van der Waals surface area contributed by atoms with E-state index >= 15 is 0 Å². The van der Waals surface area contributed by atoms with E-state index in [9.17, 15) is 4.79 Å². The van der Waals surface area contributed by atoms with Crippen LogP contribution in [0.15, 0.2) is 60.7 Å². The first-order valence-electron chi connectivity index (χ1n) is 6.59. The third-order valence-corrected chi connectivity index (χ3v) is 3.50. The predicted molar refractivity (Wildman–Crippen MR) is 83.8 cm³/mol. The fourth-order valence-corrected chi connectivity index (χ4v) is 2.39. The average molecular weight is 261 g/mol. The molecular formula is C18H15NO. The third kappa shape index (κ3) is 2.16. The number of aryl methyl sites for hydroxylation is 1. The van der Waals surface area contributed by atoms with Crippen LogP contribution < -0.4 is 5.32 Å². The van der Waals surface area contributed by atoms with E-state index in [1.165, 1.54) is 0 Å². The van der Waals surface area contributed by atoms with E-state index in [4.69, 9.17) is 0 Å². The standard InChI is InChI=1S/C18H15NO/c1-13-6-2-5-9-17(13)19-18-11-10-14-7-3-4-8-15(14)16(18)12-20/h2-12,19H,1H3. The van der Waals surface area contributed by atoms with E-state index in [1.54, 1.807) is 0 Å². The second kappa shape index (κ2) is 5.17. The lowest BCUT2D eigenvalue weighted by Crippen LogP contribution is -1.97. The van der Waals surface area contributed by atoms with Crippen LogP contribution in [0, 0.1) is 6.92 Å². The molecule has 2 nitrogen and oxygen atoms in total. The van der Waals surface area contributed by atoms with Crippen molar-refractivity contribution in [1.82, 2.24) is 0 Å². The maximum atomic E-state index is 11.5. The Morgan fingerprint density at radius 2 is 1.60 bits per heavy atom. The first-order valence-corrected chi connectivity index (χ1v) is 6.59. The van der Waals surface area contributed by atoms with Crippen LogP contribution in [0.25, 0.3) is 10.8 Å². The van der Waals surface area contributed by atoms with Gasteiger partial charge in [0, 0.05) is 16.9 Å². The summed E-state index contributed by atoms with van der Waals surface area (Å²) in [6, 6.07) is 19.9. The zero-order valence-electron chi connectivity index (χ0n) is 11.3. The molecule has 1 N–H and O–H groups in total. The second-order valence-corrected chi connectivity index (χ2v) is 4.81. The number of rotatable bonds is 3. The number of hydrogen-bond donors (Lipinski definition) is 1. The maximum Gasteiger partial charge on any atom is 0.152 e. The van der Waals surface area contributed by atoms with Gasteiger partial charge >= 0.3 is 0 Å². The van der Waals surface area contributed by atoms with E-state index in [2.05, 4.69) is 5.32 Å². The van der Waals surface area contributed by atoms with Crippen LogP contribution in [-0.2, 0) is 0 Å². The number of para-hydroxylation sites is 1. The fraction of sp³-hybridized carbons (Fsp3) is 0.0556. The Morgan fingerprint density at radius 3 is 2.40 bits per heavy atom. The van der Waals surface area contributed by atoms with Gasteiger partial charge in [0.05, 0.1) is 0 Å². The molecule has 3 aromatic carbocycles. The minimum Gasteiger partial charge on any atom is -0.355 e. The van der Waals surface area contributed by atoms with Gasteiger partial charge in [-0.15, -0.1) is 0 Å². The molecule has 98 valence electrons. The van der Waals surface area contributed by atoms with Crippen molar-refractivity contribution in [2.45, 2.75) is 6.92 Å². The molecule has 0 aliphatic carbocycles. The number of fused-ring (bicyclic) bond motifs is 1.